The van der Waals surface area contributed by atoms with Crippen molar-refractivity contribution in [3.63, 3.8) is 0 Å². The lowest BCUT2D eigenvalue weighted by molar-refractivity contribution is -0.159. The zero-order valence-corrected chi connectivity index (χ0v) is 14.1. The normalized spacial score (nSPS) is 18.3. The molecule has 0 saturated carbocycles. The number of anilines is 1. The number of benzene rings is 1. The summed E-state index contributed by atoms with van der Waals surface area (Å²) in [5.74, 6) is -1.48. The number of morpholine rings is 1. The van der Waals surface area contributed by atoms with Gasteiger partial charge in [0.1, 0.15) is 0 Å². The second-order valence-electron chi connectivity index (χ2n) is 5.62. The van der Waals surface area contributed by atoms with Gasteiger partial charge in [-0.3, -0.25) is 0 Å². The van der Waals surface area contributed by atoms with E-state index in [2.05, 4.69) is 24.5 Å². The molecule has 2 aromatic heterocycles. The Hall–Kier alpha value is -2.46. The molecule has 26 heavy (non-hydrogen) atoms. The van der Waals surface area contributed by atoms with Gasteiger partial charge in [0.2, 0.25) is 5.82 Å². The lowest BCUT2D eigenvalue weighted by atomic mass is 10.1. The Bertz CT molecular complexity index is 881. The van der Waals surface area contributed by atoms with Crippen molar-refractivity contribution in [3.8, 4) is 10.7 Å². The van der Waals surface area contributed by atoms with Crippen molar-refractivity contribution >= 4 is 16.5 Å². The third kappa shape index (κ3) is 3.29. The van der Waals surface area contributed by atoms with Crippen LogP contribution in [0, 0.1) is 0 Å². The van der Waals surface area contributed by atoms with Crippen molar-refractivity contribution < 1.29 is 22.4 Å². The van der Waals surface area contributed by atoms with Gasteiger partial charge in [-0.15, -0.1) is 0 Å². The average molecular weight is 382 g/mol. The number of aromatic nitrogens is 3. The molecule has 1 fully saturated rings. The lowest BCUT2D eigenvalue weighted by Gasteiger charge is -2.35. The number of hydrogen-bond acceptors (Lipinski definition) is 7. The highest BCUT2D eigenvalue weighted by molar-refractivity contribution is 7.18. The molecule has 4 rings (SSSR count). The Morgan fingerprint density at radius 3 is 2.73 bits per heavy atom. The number of hydrogen-bond donors (Lipinski definition) is 0. The summed E-state index contributed by atoms with van der Waals surface area (Å²) in [4.78, 5) is 10.3. The molecule has 0 bridgehead atoms. The summed E-state index contributed by atoms with van der Waals surface area (Å²) >= 11 is 1.22. The molecule has 0 amide bonds. The third-order valence-electron chi connectivity index (χ3n) is 3.94. The first kappa shape index (κ1) is 17.0. The highest BCUT2D eigenvalue weighted by atomic mass is 32.1. The minimum Gasteiger partial charge on any atom is -0.377 e. The van der Waals surface area contributed by atoms with Crippen molar-refractivity contribution in [2.24, 2.45) is 0 Å². The number of thiazole rings is 1. The molecular weight excluding hydrogens is 369 g/mol. The molecule has 1 aliphatic rings. The van der Waals surface area contributed by atoms with Crippen LogP contribution in [0.5, 0.6) is 0 Å². The van der Waals surface area contributed by atoms with Crippen LogP contribution in [-0.2, 0) is 10.9 Å². The van der Waals surface area contributed by atoms with E-state index in [9.17, 15) is 13.2 Å². The van der Waals surface area contributed by atoms with Crippen molar-refractivity contribution in [1.82, 2.24) is 15.1 Å². The first-order valence-corrected chi connectivity index (χ1v) is 8.60. The van der Waals surface area contributed by atoms with Crippen LogP contribution in [0.2, 0.25) is 0 Å². The van der Waals surface area contributed by atoms with Gasteiger partial charge in [0.25, 0.3) is 0 Å². The van der Waals surface area contributed by atoms with E-state index in [1.54, 1.807) is 0 Å². The smallest absolute Gasteiger partial charge is 0.377 e. The Kier molecular flexibility index (Phi) is 4.37. The second-order valence-corrected chi connectivity index (χ2v) is 6.63. The molecule has 136 valence electrons. The van der Waals surface area contributed by atoms with Crippen LogP contribution in [-0.4, -0.2) is 34.9 Å². The minimum atomic E-state index is -4.67. The van der Waals surface area contributed by atoms with E-state index in [1.807, 2.05) is 30.3 Å². The highest BCUT2D eigenvalue weighted by Crippen LogP contribution is 2.36. The average Bonchev–Trinajstić information content (AvgIpc) is 3.31. The summed E-state index contributed by atoms with van der Waals surface area (Å²) < 4.78 is 47.7. The topological polar surface area (TPSA) is 64.3 Å². The van der Waals surface area contributed by atoms with Gasteiger partial charge in [0.15, 0.2) is 5.13 Å². The number of rotatable bonds is 3. The second kappa shape index (κ2) is 6.69. The van der Waals surface area contributed by atoms with Crippen molar-refractivity contribution in [1.29, 1.82) is 0 Å². The summed E-state index contributed by atoms with van der Waals surface area (Å²) in [6, 6.07) is 9.85. The van der Waals surface area contributed by atoms with Gasteiger partial charge in [-0.1, -0.05) is 46.8 Å². The zero-order chi connectivity index (χ0) is 18.1. The molecule has 0 N–H and O–H groups in total. The first-order valence-electron chi connectivity index (χ1n) is 7.79. The molecule has 0 aliphatic carbocycles. The summed E-state index contributed by atoms with van der Waals surface area (Å²) in [5.41, 5.74) is 1.09. The van der Waals surface area contributed by atoms with Gasteiger partial charge in [0.05, 0.1) is 30.3 Å². The quantitative estimate of drug-likeness (QED) is 0.687. The van der Waals surface area contributed by atoms with Crippen LogP contribution < -0.4 is 4.90 Å². The summed E-state index contributed by atoms with van der Waals surface area (Å²) in [6.07, 6.45) is -3.20. The van der Waals surface area contributed by atoms with Crippen molar-refractivity contribution in [2.75, 3.05) is 24.7 Å². The van der Waals surface area contributed by atoms with Crippen LogP contribution in [0.25, 0.3) is 10.7 Å². The number of halogens is 3. The Morgan fingerprint density at radius 1 is 1.19 bits per heavy atom. The van der Waals surface area contributed by atoms with E-state index >= 15 is 0 Å². The van der Waals surface area contributed by atoms with Crippen LogP contribution in [0.4, 0.5) is 18.3 Å². The molecule has 10 heteroatoms. The minimum absolute atomic E-state index is 0.0139. The van der Waals surface area contributed by atoms with Gasteiger partial charge in [-0.25, -0.2) is 4.98 Å². The van der Waals surface area contributed by atoms with Crippen LogP contribution >= 0.6 is 11.3 Å². The van der Waals surface area contributed by atoms with E-state index in [4.69, 9.17) is 4.74 Å². The van der Waals surface area contributed by atoms with Crippen LogP contribution in [0.1, 0.15) is 17.5 Å². The van der Waals surface area contributed by atoms with Gasteiger partial charge in [-0.2, -0.15) is 18.2 Å². The largest absolute Gasteiger partial charge is 0.471 e. The fraction of sp³-hybridized carbons (Fsp3) is 0.312. The molecule has 0 radical (unpaired) electrons. The van der Waals surface area contributed by atoms with Crippen LogP contribution in [0.15, 0.2) is 41.1 Å². The maximum atomic E-state index is 12.6. The molecule has 0 unspecified atom stereocenters. The fourth-order valence-electron chi connectivity index (χ4n) is 2.72. The first-order chi connectivity index (χ1) is 12.5. The maximum absolute atomic E-state index is 12.6. The van der Waals surface area contributed by atoms with Gasteiger partial charge in [0, 0.05) is 6.54 Å². The van der Waals surface area contributed by atoms with E-state index in [0.29, 0.717) is 29.8 Å². The Labute approximate surface area is 150 Å². The molecule has 1 atom stereocenters. The molecule has 0 spiro atoms. The molecule has 6 nitrogen and oxygen atoms in total. The third-order valence-corrected chi connectivity index (χ3v) is 4.97. The lowest BCUT2D eigenvalue weighted by Crippen LogP contribution is -2.39. The molecule has 3 aromatic rings. The molecule has 1 saturated heterocycles. The Morgan fingerprint density at radius 2 is 2.00 bits per heavy atom. The van der Waals surface area contributed by atoms with Gasteiger partial charge in [-0.05, 0) is 5.56 Å². The maximum Gasteiger partial charge on any atom is 0.471 e. The number of alkyl halides is 3. The van der Waals surface area contributed by atoms with Crippen LogP contribution in [0.3, 0.4) is 0 Å². The SMILES string of the molecule is FC(F)(F)c1nc(-c2cnc(N3CCOC[C@H]3c3ccccc3)s2)no1. The summed E-state index contributed by atoms with van der Waals surface area (Å²) in [7, 11) is 0. The molecule has 3 heterocycles. The number of nitrogens with zero attached hydrogens (tertiary/aromatic N) is 4. The van der Waals surface area contributed by atoms with Crippen molar-refractivity contribution in [2.45, 2.75) is 12.2 Å². The highest BCUT2D eigenvalue weighted by Gasteiger charge is 2.38. The summed E-state index contributed by atoms with van der Waals surface area (Å²) in [6.45, 7) is 1.70. The molecule has 1 aliphatic heterocycles. The molecule has 1 aromatic carbocycles. The van der Waals surface area contributed by atoms with Gasteiger partial charge < -0.3 is 14.2 Å². The van der Waals surface area contributed by atoms with E-state index in [1.165, 1.54) is 17.5 Å². The standard InChI is InChI=1S/C16H13F3N4O2S/c17-16(18,19)14-21-13(22-25-14)12-8-20-15(26-12)23-6-7-24-9-11(23)10-4-2-1-3-5-10/h1-5,8,11H,6-7,9H2/t11-/m0/s1. The predicted octanol–water partition coefficient (Wildman–Crippen LogP) is 3.79. The summed E-state index contributed by atoms with van der Waals surface area (Å²) in [5, 5.41) is 4.09. The van der Waals surface area contributed by atoms with E-state index < -0.39 is 12.1 Å². The Balaban J connectivity index is 1.61. The molecular formula is C16H13F3N4O2S. The number of ether oxygens (including phenoxy) is 1. The fourth-order valence-corrected chi connectivity index (χ4v) is 3.64. The van der Waals surface area contributed by atoms with E-state index in [-0.39, 0.29) is 11.9 Å². The predicted molar refractivity (Wildman–Crippen MR) is 87.8 cm³/mol. The van der Waals surface area contributed by atoms with Crippen molar-refractivity contribution in [3.05, 3.63) is 48.0 Å². The monoisotopic (exact) mass is 382 g/mol. The van der Waals surface area contributed by atoms with E-state index in [0.717, 1.165) is 5.56 Å². The zero-order valence-electron chi connectivity index (χ0n) is 13.3. The van der Waals surface area contributed by atoms with Gasteiger partial charge >= 0.3 is 12.1 Å².